The quantitative estimate of drug-likeness (QED) is 0.661. The van der Waals surface area contributed by atoms with E-state index in [0.717, 1.165) is 5.56 Å². The molecule has 158 valence electrons. The standard InChI is InChI=1S/C22H20N4O4S/c1-25-19-8-7-15(11-16(19)13-31(25,29)30)22(28)26-10-9-18-17(12-26)21(27)24-20(23-18)14-5-3-2-4-6-14/h2-8,11H,9-10,12-13H2,1H3,(H,23,24,27). The number of aromatic nitrogens is 2. The Morgan fingerprint density at radius 2 is 1.90 bits per heavy atom. The average molecular weight is 436 g/mol. The summed E-state index contributed by atoms with van der Waals surface area (Å²) < 4.78 is 25.4. The van der Waals surface area contributed by atoms with Crippen molar-refractivity contribution >= 4 is 21.6 Å². The van der Waals surface area contributed by atoms with Gasteiger partial charge in [-0.05, 0) is 23.8 Å². The fourth-order valence-electron chi connectivity index (χ4n) is 4.10. The van der Waals surface area contributed by atoms with Crippen molar-refractivity contribution in [1.29, 1.82) is 0 Å². The summed E-state index contributed by atoms with van der Waals surface area (Å²) in [5.74, 6) is 0.175. The molecule has 0 spiro atoms. The number of benzene rings is 2. The molecule has 2 aliphatic rings. The van der Waals surface area contributed by atoms with Crippen molar-refractivity contribution in [3.05, 3.63) is 81.3 Å². The smallest absolute Gasteiger partial charge is 0.256 e. The summed E-state index contributed by atoms with van der Waals surface area (Å²) >= 11 is 0. The minimum Gasteiger partial charge on any atom is -0.334 e. The Morgan fingerprint density at radius 1 is 1.13 bits per heavy atom. The molecule has 8 nitrogen and oxygen atoms in total. The lowest BCUT2D eigenvalue weighted by Crippen LogP contribution is -2.39. The zero-order valence-corrected chi connectivity index (χ0v) is 17.6. The largest absolute Gasteiger partial charge is 0.334 e. The van der Waals surface area contributed by atoms with Crippen molar-refractivity contribution in [1.82, 2.24) is 14.9 Å². The van der Waals surface area contributed by atoms with Crippen molar-refractivity contribution in [3.8, 4) is 11.4 Å². The predicted octanol–water partition coefficient (Wildman–Crippen LogP) is 1.92. The lowest BCUT2D eigenvalue weighted by atomic mass is 10.0. The molecule has 1 aromatic heterocycles. The van der Waals surface area contributed by atoms with Crippen LogP contribution in [0.15, 0.2) is 53.3 Å². The third-order valence-electron chi connectivity index (χ3n) is 5.82. The zero-order chi connectivity index (χ0) is 21.8. The van der Waals surface area contributed by atoms with E-state index in [2.05, 4.69) is 9.97 Å². The molecule has 0 aliphatic carbocycles. The van der Waals surface area contributed by atoms with Crippen LogP contribution in [-0.2, 0) is 28.7 Å². The maximum Gasteiger partial charge on any atom is 0.256 e. The van der Waals surface area contributed by atoms with E-state index in [1.807, 2.05) is 30.3 Å². The van der Waals surface area contributed by atoms with Gasteiger partial charge in [-0.1, -0.05) is 30.3 Å². The summed E-state index contributed by atoms with van der Waals surface area (Å²) in [6, 6.07) is 14.4. The fraction of sp³-hybridized carbons (Fsp3) is 0.227. The number of anilines is 1. The number of aromatic amines is 1. The normalized spacial score (nSPS) is 16.7. The lowest BCUT2D eigenvalue weighted by Gasteiger charge is -2.28. The molecule has 5 rings (SSSR count). The monoisotopic (exact) mass is 436 g/mol. The minimum atomic E-state index is -3.37. The number of sulfonamides is 1. The molecule has 0 bridgehead atoms. The van der Waals surface area contributed by atoms with E-state index < -0.39 is 10.0 Å². The van der Waals surface area contributed by atoms with Crippen LogP contribution >= 0.6 is 0 Å². The van der Waals surface area contributed by atoms with Gasteiger partial charge in [-0.25, -0.2) is 13.4 Å². The van der Waals surface area contributed by atoms with Gasteiger partial charge in [0.05, 0.1) is 29.2 Å². The molecule has 2 aromatic carbocycles. The fourth-order valence-corrected chi connectivity index (χ4v) is 5.39. The van der Waals surface area contributed by atoms with Gasteiger partial charge < -0.3 is 9.88 Å². The summed E-state index contributed by atoms with van der Waals surface area (Å²) in [6.07, 6.45) is 0.479. The Hall–Kier alpha value is -3.46. The highest BCUT2D eigenvalue weighted by molar-refractivity contribution is 7.92. The summed E-state index contributed by atoms with van der Waals surface area (Å²) in [7, 11) is -1.86. The molecular weight excluding hydrogens is 416 g/mol. The first kappa shape index (κ1) is 19.5. The van der Waals surface area contributed by atoms with Crippen LogP contribution in [0.3, 0.4) is 0 Å². The van der Waals surface area contributed by atoms with Crippen molar-refractivity contribution < 1.29 is 13.2 Å². The SMILES string of the molecule is CN1c2ccc(C(=O)N3CCc4nc(-c5ccccc5)[nH]c(=O)c4C3)cc2CS1(=O)=O. The second-order valence-corrected chi connectivity index (χ2v) is 9.75. The van der Waals surface area contributed by atoms with Crippen molar-refractivity contribution in [3.63, 3.8) is 0 Å². The van der Waals surface area contributed by atoms with Gasteiger partial charge in [0, 0.05) is 31.1 Å². The van der Waals surface area contributed by atoms with Gasteiger partial charge in [-0.3, -0.25) is 13.9 Å². The first-order chi connectivity index (χ1) is 14.8. The van der Waals surface area contributed by atoms with E-state index in [9.17, 15) is 18.0 Å². The molecule has 0 radical (unpaired) electrons. The molecule has 3 heterocycles. The van der Waals surface area contributed by atoms with Crippen LogP contribution in [0.2, 0.25) is 0 Å². The molecule has 9 heteroatoms. The highest BCUT2D eigenvalue weighted by atomic mass is 32.2. The average Bonchev–Trinajstić information content (AvgIpc) is 3.01. The molecule has 31 heavy (non-hydrogen) atoms. The van der Waals surface area contributed by atoms with Crippen LogP contribution in [0, 0.1) is 0 Å². The summed E-state index contributed by atoms with van der Waals surface area (Å²) in [6.45, 7) is 0.604. The van der Waals surface area contributed by atoms with Crippen molar-refractivity contribution in [2.45, 2.75) is 18.7 Å². The van der Waals surface area contributed by atoms with Gasteiger partial charge in [0.25, 0.3) is 11.5 Å². The van der Waals surface area contributed by atoms with Gasteiger partial charge in [0.2, 0.25) is 10.0 Å². The number of amides is 1. The van der Waals surface area contributed by atoms with Crippen LogP contribution in [0.25, 0.3) is 11.4 Å². The first-order valence-electron chi connectivity index (χ1n) is 9.90. The van der Waals surface area contributed by atoms with Crippen LogP contribution in [0.5, 0.6) is 0 Å². The Labute approximate surface area is 179 Å². The maximum absolute atomic E-state index is 13.1. The first-order valence-corrected chi connectivity index (χ1v) is 11.5. The number of carbonyl (C=O) groups is 1. The summed E-state index contributed by atoms with van der Waals surface area (Å²) in [5, 5.41) is 0. The van der Waals surface area contributed by atoms with Crippen LogP contribution in [0.4, 0.5) is 5.69 Å². The van der Waals surface area contributed by atoms with Crippen molar-refractivity contribution in [2.24, 2.45) is 0 Å². The Balaban J connectivity index is 1.42. The molecular formula is C22H20N4O4S. The summed E-state index contributed by atoms with van der Waals surface area (Å²) in [4.78, 5) is 34.8. The lowest BCUT2D eigenvalue weighted by molar-refractivity contribution is 0.0732. The molecule has 2 aliphatic heterocycles. The number of carbonyl (C=O) groups excluding carboxylic acids is 1. The molecule has 0 saturated heterocycles. The molecule has 3 aromatic rings. The van der Waals surface area contributed by atoms with E-state index in [-0.39, 0.29) is 23.8 Å². The second-order valence-electron chi connectivity index (χ2n) is 7.75. The van der Waals surface area contributed by atoms with Gasteiger partial charge in [0.1, 0.15) is 5.82 Å². The van der Waals surface area contributed by atoms with Crippen LogP contribution in [0.1, 0.15) is 27.2 Å². The Morgan fingerprint density at radius 3 is 2.68 bits per heavy atom. The van der Waals surface area contributed by atoms with Crippen LogP contribution in [-0.4, -0.2) is 42.8 Å². The third kappa shape index (κ3) is 3.31. The summed E-state index contributed by atoms with van der Waals surface area (Å²) in [5.41, 5.74) is 3.39. The van der Waals surface area contributed by atoms with E-state index in [1.165, 1.54) is 11.4 Å². The van der Waals surface area contributed by atoms with Crippen molar-refractivity contribution in [2.75, 3.05) is 17.9 Å². The van der Waals surface area contributed by atoms with E-state index in [0.29, 0.717) is 46.9 Å². The molecule has 1 amide bonds. The number of hydrogen-bond acceptors (Lipinski definition) is 5. The molecule has 0 saturated carbocycles. The number of nitrogens with one attached hydrogen (secondary N) is 1. The number of fused-ring (bicyclic) bond motifs is 2. The van der Waals surface area contributed by atoms with E-state index in [1.54, 1.807) is 23.1 Å². The number of rotatable bonds is 2. The number of hydrogen-bond donors (Lipinski definition) is 1. The molecule has 0 atom stereocenters. The maximum atomic E-state index is 13.1. The van der Waals surface area contributed by atoms with Crippen LogP contribution < -0.4 is 9.86 Å². The second kappa shape index (κ2) is 7.05. The number of nitrogens with zero attached hydrogens (tertiary/aromatic N) is 3. The third-order valence-corrected chi connectivity index (χ3v) is 7.53. The van der Waals surface area contributed by atoms with E-state index >= 15 is 0 Å². The highest BCUT2D eigenvalue weighted by Crippen LogP contribution is 2.33. The Bertz CT molecular complexity index is 1370. The number of H-pyrrole nitrogens is 1. The predicted molar refractivity (Wildman–Crippen MR) is 116 cm³/mol. The van der Waals surface area contributed by atoms with E-state index in [4.69, 9.17) is 0 Å². The topological polar surface area (TPSA) is 103 Å². The Kier molecular flexibility index (Phi) is 4.44. The molecule has 0 fully saturated rings. The van der Waals surface area contributed by atoms with Gasteiger partial charge in [-0.15, -0.1) is 0 Å². The van der Waals surface area contributed by atoms with Gasteiger partial charge in [0.15, 0.2) is 0 Å². The van der Waals surface area contributed by atoms with Gasteiger partial charge in [-0.2, -0.15) is 0 Å². The molecule has 0 unspecified atom stereocenters. The van der Waals surface area contributed by atoms with Gasteiger partial charge >= 0.3 is 0 Å². The molecule has 1 N–H and O–H groups in total. The highest BCUT2D eigenvalue weighted by Gasteiger charge is 2.32. The zero-order valence-electron chi connectivity index (χ0n) is 16.8. The minimum absolute atomic E-state index is 0.116.